The lowest BCUT2D eigenvalue weighted by Gasteiger charge is -2.43. The fraction of sp³-hybridized carbons (Fsp3) is 0.316. The monoisotopic (exact) mass is 738 g/mol. The molecular weight excluding hydrogens is 697 g/mol. The van der Waals surface area contributed by atoms with Crippen molar-refractivity contribution in [3.63, 3.8) is 0 Å². The quantitative estimate of drug-likeness (QED) is 0.0879. The van der Waals surface area contributed by atoms with E-state index in [9.17, 15) is 14.4 Å². The van der Waals surface area contributed by atoms with Crippen LogP contribution < -0.4 is 15.9 Å². The number of carbonyl (C=O) groups excluding carboxylic acids is 2. The van der Waals surface area contributed by atoms with Crippen LogP contribution in [0.15, 0.2) is 107 Å². The maximum Gasteiger partial charge on any atom is 0.303 e. The molecule has 3 heterocycles. The van der Waals surface area contributed by atoms with Gasteiger partial charge in [-0.3, -0.25) is 23.9 Å². The van der Waals surface area contributed by atoms with Gasteiger partial charge in [0.05, 0.1) is 30.6 Å². The Kier molecular flexibility index (Phi) is 10.9. The fourth-order valence-electron chi connectivity index (χ4n) is 6.59. The minimum absolute atomic E-state index is 0.0607. The number of esters is 1. The van der Waals surface area contributed by atoms with E-state index in [-0.39, 0.29) is 33.9 Å². The summed E-state index contributed by atoms with van der Waals surface area (Å²) in [5.41, 5.74) is 0.247. The Morgan fingerprint density at radius 3 is 2.15 bits per heavy atom. The summed E-state index contributed by atoms with van der Waals surface area (Å²) in [5.74, 6) is -0.497. The van der Waals surface area contributed by atoms with Crippen LogP contribution in [0, 0.1) is 0 Å². The highest BCUT2D eigenvalue weighted by Gasteiger charge is 2.54. The van der Waals surface area contributed by atoms with Crippen LogP contribution >= 0.6 is 11.8 Å². The number of hydrogen-bond acceptors (Lipinski definition) is 10. The number of hydrogen-bond donors (Lipinski definition) is 1. The third kappa shape index (κ3) is 7.51. The molecule has 1 aliphatic rings. The van der Waals surface area contributed by atoms with Gasteiger partial charge in [-0.25, -0.2) is 9.98 Å². The summed E-state index contributed by atoms with van der Waals surface area (Å²) in [5, 5.41) is 0.900. The summed E-state index contributed by atoms with van der Waals surface area (Å²) in [6.45, 7) is 7.93. The summed E-state index contributed by atoms with van der Waals surface area (Å²) in [6, 6.07) is 29.4. The van der Waals surface area contributed by atoms with Crippen molar-refractivity contribution in [3.05, 3.63) is 113 Å². The maximum absolute atomic E-state index is 13.8. The molecule has 4 atom stereocenters. The van der Waals surface area contributed by atoms with E-state index in [0.29, 0.717) is 5.56 Å². The molecule has 1 fully saturated rings. The second-order valence-corrected chi connectivity index (χ2v) is 19.2. The SMILES string of the molecule is CC(=O)O[C@@H]1[C@H](SC(=O)c2ccccc2)[C@@H](CO[Si](c2ccccc2)(c2ccccc2)C(C)(C)C)O[C@H]1n1cnc2c(=O)[nH]c(/N=C/N(C)C)nc21. The van der Waals surface area contributed by atoms with Crippen molar-refractivity contribution in [2.75, 3.05) is 20.7 Å². The average molecular weight is 739 g/mol. The molecule has 5 aromatic rings. The van der Waals surface area contributed by atoms with Crippen molar-refractivity contribution >= 4 is 65.0 Å². The molecule has 1 aliphatic heterocycles. The molecular formula is C38H42N6O6SSi. The minimum atomic E-state index is -3.05. The first-order chi connectivity index (χ1) is 24.9. The Morgan fingerprint density at radius 2 is 1.60 bits per heavy atom. The summed E-state index contributed by atoms with van der Waals surface area (Å²) in [7, 11) is 0.543. The number of rotatable bonds is 11. The normalized spacial score (nSPS) is 19.3. The number of aromatic nitrogens is 4. The van der Waals surface area contributed by atoms with Crippen LogP contribution in [-0.2, 0) is 18.7 Å². The molecule has 6 rings (SSSR count). The van der Waals surface area contributed by atoms with Gasteiger partial charge in [-0.05, 0) is 15.4 Å². The van der Waals surface area contributed by atoms with E-state index in [4.69, 9.17) is 13.9 Å². The molecule has 0 amide bonds. The highest BCUT2D eigenvalue weighted by Crippen LogP contribution is 2.43. The molecule has 2 aromatic heterocycles. The van der Waals surface area contributed by atoms with E-state index < -0.39 is 43.5 Å². The Labute approximate surface area is 307 Å². The third-order valence-electron chi connectivity index (χ3n) is 8.83. The molecule has 270 valence electrons. The number of nitrogens with zero attached hydrogens (tertiary/aromatic N) is 5. The van der Waals surface area contributed by atoms with Gasteiger partial charge in [0.1, 0.15) is 0 Å². The van der Waals surface area contributed by atoms with Crippen molar-refractivity contribution in [3.8, 4) is 0 Å². The highest BCUT2D eigenvalue weighted by atomic mass is 32.2. The van der Waals surface area contributed by atoms with Gasteiger partial charge in [-0.2, -0.15) is 4.98 Å². The van der Waals surface area contributed by atoms with E-state index in [2.05, 4.69) is 65.0 Å². The second-order valence-electron chi connectivity index (χ2n) is 13.8. The molecule has 1 saturated heterocycles. The molecule has 0 radical (unpaired) electrons. The Balaban J connectivity index is 1.46. The van der Waals surface area contributed by atoms with E-state index in [1.165, 1.54) is 19.6 Å². The lowest BCUT2D eigenvalue weighted by molar-refractivity contribution is -0.152. The predicted octanol–water partition coefficient (Wildman–Crippen LogP) is 4.69. The van der Waals surface area contributed by atoms with Crippen molar-refractivity contribution in [2.24, 2.45) is 4.99 Å². The van der Waals surface area contributed by atoms with Gasteiger partial charge < -0.3 is 18.8 Å². The van der Waals surface area contributed by atoms with Crippen LogP contribution in [0.5, 0.6) is 0 Å². The number of imidazole rings is 1. The number of thioether (sulfide) groups is 1. The third-order valence-corrected chi connectivity index (χ3v) is 15.1. The zero-order chi connectivity index (χ0) is 37.0. The summed E-state index contributed by atoms with van der Waals surface area (Å²) in [4.78, 5) is 57.2. The van der Waals surface area contributed by atoms with E-state index in [1.54, 1.807) is 47.8 Å². The molecule has 0 aliphatic carbocycles. The molecule has 14 heteroatoms. The number of nitrogens with one attached hydrogen (secondary N) is 1. The van der Waals surface area contributed by atoms with Gasteiger partial charge in [0, 0.05) is 26.6 Å². The van der Waals surface area contributed by atoms with Gasteiger partial charge in [-0.1, -0.05) is 124 Å². The van der Waals surface area contributed by atoms with Gasteiger partial charge in [0.25, 0.3) is 13.9 Å². The molecule has 1 N–H and O–H groups in total. The molecule has 3 aromatic carbocycles. The first kappa shape index (κ1) is 36.9. The first-order valence-corrected chi connectivity index (χ1v) is 19.7. The van der Waals surface area contributed by atoms with Crippen molar-refractivity contribution in [1.82, 2.24) is 24.4 Å². The number of fused-ring (bicyclic) bond motifs is 1. The molecule has 0 unspecified atom stereocenters. The molecule has 0 saturated carbocycles. The second kappa shape index (κ2) is 15.4. The maximum atomic E-state index is 13.8. The Bertz CT molecular complexity index is 2060. The summed E-state index contributed by atoms with van der Waals surface area (Å²) >= 11 is 1.04. The van der Waals surface area contributed by atoms with Gasteiger partial charge in [-0.15, -0.1) is 0 Å². The van der Waals surface area contributed by atoms with Crippen LogP contribution in [0.3, 0.4) is 0 Å². The number of aromatic amines is 1. The topological polar surface area (TPSA) is 141 Å². The lowest BCUT2D eigenvalue weighted by Crippen LogP contribution is -2.67. The van der Waals surface area contributed by atoms with Crippen LogP contribution in [0.2, 0.25) is 5.04 Å². The number of benzene rings is 3. The zero-order valence-corrected chi connectivity index (χ0v) is 31.7. The standard InChI is InChI=1S/C38H42N6O6SSi/c1-25(45)49-31-32(51-36(47)26-16-10-7-11-17-26)29(50-35(31)44-24-39-30-33(44)41-37(42-34(30)46)40-23-43(5)6)22-48-52(38(2,3)4,27-18-12-8-13-19-27)28-20-14-9-15-21-28/h7-21,23-24,29,31-32,35H,22H2,1-6H3,(H,41,42,46)/b40-23+/t29-,31-,32-,35-/m1/s1. The molecule has 52 heavy (non-hydrogen) atoms. The largest absolute Gasteiger partial charge is 0.456 e. The van der Waals surface area contributed by atoms with E-state index in [1.807, 2.05) is 42.5 Å². The summed E-state index contributed by atoms with van der Waals surface area (Å²) in [6.07, 6.45) is 0.190. The van der Waals surface area contributed by atoms with Crippen LogP contribution in [-0.4, -0.2) is 88.3 Å². The smallest absolute Gasteiger partial charge is 0.303 e. The van der Waals surface area contributed by atoms with Crippen LogP contribution in [0.1, 0.15) is 44.3 Å². The number of aliphatic imine (C=N–C) groups is 1. The lowest BCUT2D eigenvalue weighted by atomic mass is 10.2. The Hall–Kier alpha value is -4.89. The van der Waals surface area contributed by atoms with Gasteiger partial charge in [0.15, 0.2) is 23.5 Å². The molecule has 12 nitrogen and oxygen atoms in total. The average Bonchev–Trinajstić information content (AvgIpc) is 3.69. The molecule has 0 spiro atoms. The van der Waals surface area contributed by atoms with E-state index in [0.717, 1.165) is 22.1 Å². The first-order valence-electron chi connectivity index (χ1n) is 16.9. The van der Waals surface area contributed by atoms with E-state index >= 15 is 0 Å². The summed E-state index contributed by atoms with van der Waals surface area (Å²) < 4.78 is 21.7. The minimum Gasteiger partial charge on any atom is -0.456 e. The number of ether oxygens (including phenoxy) is 2. The highest BCUT2D eigenvalue weighted by molar-refractivity contribution is 8.14. The predicted molar refractivity (Wildman–Crippen MR) is 205 cm³/mol. The van der Waals surface area contributed by atoms with Crippen LogP contribution in [0.4, 0.5) is 5.95 Å². The number of H-pyrrole nitrogens is 1. The van der Waals surface area contributed by atoms with Gasteiger partial charge >= 0.3 is 5.97 Å². The van der Waals surface area contributed by atoms with Gasteiger partial charge in [0.2, 0.25) is 11.1 Å². The fourth-order valence-corrected chi connectivity index (χ4v) is 12.3. The van der Waals surface area contributed by atoms with Crippen molar-refractivity contribution < 1.29 is 23.5 Å². The van der Waals surface area contributed by atoms with Crippen LogP contribution in [0.25, 0.3) is 11.2 Å². The number of carbonyl (C=O) groups is 2. The molecule has 0 bridgehead atoms. The van der Waals surface area contributed by atoms with Crippen molar-refractivity contribution in [2.45, 2.75) is 56.4 Å². The zero-order valence-electron chi connectivity index (χ0n) is 29.9. The Morgan fingerprint density at radius 1 is 1.00 bits per heavy atom. The van der Waals surface area contributed by atoms with Crippen molar-refractivity contribution in [1.29, 1.82) is 0 Å².